The average molecular weight is 355 g/mol. The number of nitrogens with one attached hydrogen (secondary N) is 1. The molecule has 25 heavy (non-hydrogen) atoms. The third-order valence-corrected chi connectivity index (χ3v) is 2.64. The number of rotatable bonds is 6. The fourth-order valence-electron chi connectivity index (χ4n) is 1.66. The number of hydrogen-bond donors (Lipinski definition) is 1. The monoisotopic (exact) mass is 355 g/mol. The molecule has 0 saturated heterocycles. The largest absolute Gasteiger partial charge is 0.573 e. The van der Waals surface area contributed by atoms with Gasteiger partial charge < -0.3 is 19.2 Å². The highest BCUT2D eigenvalue weighted by Gasteiger charge is 2.30. The molecule has 9 heteroatoms. The number of benzene rings is 1. The zero-order valence-corrected chi connectivity index (χ0v) is 12.6. The van der Waals surface area contributed by atoms with E-state index in [1.807, 2.05) is 0 Å². The maximum Gasteiger partial charge on any atom is 0.573 e. The zero-order valence-electron chi connectivity index (χ0n) is 12.6. The Morgan fingerprint density at radius 1 is 1.16 bits per heavy atom. The summed E-state index contributed by atoms with van der Waals surface area (Å²) < 4.78 is 49.5. The predicted molar refractivity (Wildman–Crippen MR) is 80.5 cm³/mol. The summed E-state index contributed by atoms with van der Waals surface area (Å²) in [4.78, 5) is 23.0. The first-order valence-electron chi connectivity index (χ1n) is 6.86. The van der Waals surface area contributed by atoms with Crippen molar-refractivity contribution in [3.8, 4) is 5.75 Å². The van der Waals surface area contributed by atoms with E-state index < -0.39 is 30.6 Å². The van der Waals surface area contributed by atoms with Crippen molar-refractivity contribution in [1.29, 1.82) is 0 Å². The Kier molecular flexibility index (Phi) is 5.83. The van der Waals surface area contributed by atoms with Gasteiger partial charge in [0.2, 0.25) is 0 Å². The molecular weight excluding hydrogens is 343 g/mol. The van der Waals surface area contributed by atoms with Crippen molar-refractivity contribution in [2.24, 2.45) is 0 Å². The van der Waals surface area contributed by atoms with Crippen molar-refractivity contribution in [3.63, 3.8) is 0 Å². The molecule has 1 N–H and O–H groups in total. The van der Waals surface area contributed by atoms with Gasteiger partial charge in [-0.2, -0.15) is 0 Å². The van der Waals surface area contributed by atoms with Crippen molar-refractivity contribution in [3.05, 3.63) is 54.5 Å². The van der Waals surface area contributed by atoms with Gasteiger partial charge in [0.1, 0.15) is 11.5 Å². The Morgan fingerprint density at radius 2 is 1.88 bits per heavy atom. The van der Waals surface area contributed by atoms with Gasteiger partial charge >= 0.3 is 12.3 Å². The molecule has 0 aliphatic rings. The number of carbonyl (C=O) groups is 2. The van der Waals surface area contributed by atoms with Gasteiger partial charge in [0.05, 0.1) is 6.26 Å². The van der Waals surface area contributed by atoms with E-state index in [1.165, 1.54) is 24.5 Å². The minimum Gasteiger partial charge on any atom is -0.465 e. The summed E-state index contributed by atoms with van der Waals surface area (Å²) in [5, 5.41) is 2.36. The first-order valence-corrected chi connectivity index (χ1v) is 6.86. The Bertz CT molecular complexity index is 736. The van der Waals surface area contributed by atoms with Crippen LogP contribution in [0.25, 0.3) is 6.08 Å². The van der Waals surface area contributed by atoms with Crippen molar-refractivity contribution in [2.75, 3.05) is 11.9 Å². The van der Waals surface area contributed by atoms with Gasteiger partial charge in [0, 0.05) is 11.8 Å². The third-order valence-electron chi connectivity index (χ3n) is 2.64. The molecule has 1 aromatic carbocycles. The first-order chi connectivity index (χ1) is 11.8. The van der Waals surface area contributed by atoms with Crippen molar-refractivity contribution in [2.45, 2.75) is 6.36 Å². The zero-order chi connectivity index (χ0) is 18.3. The molecule has 6 nitrogen and oxygen atoms in total. The number of anilines is 1. The minimum atomic E-state index is -4.79. The first kappa shape index (κ1) is 18.1. The van der Waals surface area contributed by atoms with E-state index in [0.29, 0.717) is 5.76 Å². The molecule has 132 valence electrons. The van der Waals surface area contributed by atoms with Crippen LogP contribution in [0.4, 0.5) is 18.9 Å². The fourth-order valence-corrected chi connectivity index (χ4v) is 1.66. The van der Waals surface area contributed by atoms with Gasteiger partial charge in [-0.25, -0.2) is 4.79 Å². The van der Waals surface area contributed by atoms with Crippen LogP contribution in [0.15, 0.2) is 53.2 Å². The minimum absolute atomic E-state index is 0.224. The topological polar surface area (TPSA) is 77.8 Å². The van der Waals surface area contributed by atoms with E-state index in [-0.39, 0.29) is 5.69 Å². The van der Waals surface area contributed by atoms with Gasteiger partial charge in [0.25, 0.3) is 5.91 Å². The van der Waals surface area contributed by atoms with E-state index in [9.17, 15) is 22.8 Å². The van der Waals surface area contributed by atoms with Gasteiger partial charge in [-0.3, -0.25) is 4.79 Å². The van der Waals surface area contributed by atoms with Crippen molar-refractivity contribution < 1.29 is 36.7 Å². The summed E-state index contributed by atoms with van der Waals surface area (Å²) in [5.74, 6) is -1.37. The lowest BCUT2D eigenvalue weighted by Crippen LogP contribution is -2.20. The standard InChI is InChI=1S/C16H12F3NO5/c17-16(18,19)25-13-5-3-11(4-6-13)20-14(21)10-24-15(22)8-7-12-2-1-9-23-12/h1-9H,10H2,(H,20,21)/b8-7-. The Balaban J connectivity index is 1.77. The summed E-state index contributed by atoms with van der Waals surface area (Å²) in [6, 6.07) is 7.80. The molecule has 0 unspecified atom stereocenters. The molecule has 0 fully saturated rings. The molecule has 0 radical (unpaired) electrons. The van der Waals surface area contributed by atoms with Gasteiger partial charge in [-0.05, 0) is 42.5 Å². The highest BCUT2D eigenvalue weighted by molar-refractivity contribution is 5.94. The quantitative estimate of drug-likeness (QED) is 0.635. The molecule has 1 amide bonds. The number of amides is 1. The summed E-state index contributed by atoms with van der Waals surface area (Å²) in [6.07, 6.45) is -0.888. The molecule has 0 bridgehead atoms. The van der Waals surface area contributed by atoms with Crippen LogP contribution in [0.3, 0.4) is 0 Å². The lowest BCUT2D eigenvalue weighted by atomic mass is 10.3. The molecule has 0 atom stereocenters. The van der Waals surface area contributed by atoms with Crippen LogP contribution in [0.1, 0.15) is 5.76 Å². The number of esters is 1. The van der Waals surface area contributed by atoms with Crippen molar-refractivity contribution >= 4 is 23.6 Å². The van der Waals surface area contributed by atoms with Gasteiger partial charge in [-0.1, -0.05) is 0 Å². The number of halogens is 3. The normalized spacial score (nSPS) is 11.3. The van der Waals surface area contributed by atoms with Crippen LogP contribution < -0.4 is 10.1 Å². The Labute approximate surface area is 139 Å². The van der Waals surface area contributed by atoms with Gasteiger partial charge in [-0.15, -0.1) is 13.2 Å². The predicted octanol–water partition coefficient (Wildman–Crippen LogP) is 3.37. The van der Waals surface area contributed by atoms with Gasteiger partial charge in [0.15, 0.2) is 6.61 Å². The van der Waals surface area contributed by atoms with Crippen LogP contribution in [-0.4, -0.2) is 24.8 Å². The van der Waals surface area contributed by atoms with E-state index >= 15 is 0 Å². The smallest absolute Gasteiger partial charge is 0.465 e. The highest BCUT2D eigenvalue weighted by atomic mass is 19.4. The second kappa shape index (κ2) is 8.04. The molecule has 0 aliphatic carbocycles. The molecule has 0 saturated carbocycles. The summed E-state index contributed by atoms with van der Waals surface area (Å²) >= 11 is 0. The lowest BCUT2D eigenvalue weighted by Gasteiger charge is -2.10. The van der Waals surface area contributed by atoms with E-state index in [1.54, 1.807) is 12.1 Å². The van der Waals surface area contributed by atoms with Crippen molar-refractivity contribution in [1.82, 2.24) is 0 Å². The summed E-state index contributed by atoms with van der Waals surface area (Å²) in [7, 11) is 0. The van der Waals surface area contributed by atoms with Crippen LogP contribution in [-0.2, 0) is 14.3 Å². The second-order valence-corrected chi connectivity index (χ2v) is 4.58. The molecule has 1 aromatic heterocycles. The SMILES string of the molecule is O=C(COC(=O)/C=C\c1ccco1)Nc1ccc(OC(F)(F)F)cc1. The van der Waals surface area contributed by atoms with Crippen LogP contribution >= 0.6 is 0 Å². The Hall–Kier alpha value is -3.23. The molecule has 2 aromatic rings. The number of alkyl halides is 3. The maximum absolute atomic E-state index is 12.0. The van der Waals surface area contributed by atoms with Crippen LogP contribution in [0.2, 0.25) is 0 Å². The highest BCUT2D eigenvalue weighted by Crippen LogP contribution is 2.23. The number of carbonyl (C=O) groups excluding carboxylic acids is 2. The summed E-state index contributed by atoms with van der Waals surface area (Å²) in [6.45, 7) is -0.553. The number of hydrogen-bond acceptors (Lipinski definition) is 5. The second-order valence-electron chi connectivity index (χ2n) is 4.58. The maximum atomic E-state index is 12.0. The Morgan fingerprint density at radius 3 is 2.48 bits per heavy atom. The summed E-state index contributed by atoms with van der Waals surface area (Å²) in [5.41, 5.74) is 0.224. The van der Waals surface area contributed by atoms with E-state index in [2.05, 4.69) is 10.1 Å². The number of ether oxygens (including phenoxy) is 2. The average Bonchev–Trinajstić information content (AvgIpc) is 3.05. The van der Waals surface area contributed by atoms with E-state index in [4.69, 9.17) is 9.15 Å². The molecular formula is C16H12F3NO5. The fraction of sp³-hybridized carbons (Fsp3) is 0.125. The lowest BCUT2D eigenvalue weighted by molar-refractivity contribution is -0.274. The molecule has 0 aliphatic heterocycles. The third kappa shape index (κ3) is 6.81. The van der Waals surface area contributed by atoms with E-state index in [0.717, 1.165) is 18.2 Å². The molecule has 1 heterocycles. The number of furan rings is 1. The van der Waals surface area contributed by atoms with Crippen LogP contribution in [0.5, 0.6) is 5.75 Å². The molecule has 2 rings (SSSR count). The van der Waals surface area contributed by atoms with Crippen LogP contribution in [0, 0.1) is 0 Å². The molecule has 0 spiro atoms.